The Morgan fingerprint density at radius 3 is 2.65 bits per heavy atom. The second-order valence-electron chi connectivity index (χ2n) is 4.49. The molecule has 0 spiro atoms. The molecule has 5 heteroatoms. The molecular weight excluding hydrogens is 302 g/mol. The number of halogens is 1. The van der Waals surface area contributed by atoms with E-state index in [-0.39, 0.29) is 6.04 Å². The van der Waals surface area contributed by atoms with E-state index in [1.807, 2.05) is 6.07 Å². The van der Waals surface area contributed by atoms with Crippen molar-refractivity contribution in [2.45, 2.75) is 30.2 Å². The molecule has 2 rings (SSSR count). The Morgan fingerprint density at radius 1 is 1.29 bits per heavy atom. The number of piperidine rings is 1. The molecule has 1 atom stereocenters. The first kappa shape index (κ1) is 13.1. The third-order valence-corrected chi connectivity index (χ3v) is 4.58. The highest BCUT2D eigenvalue weighted by molar-refractivity contribution is 9.10. The van der Waals surface area contributed by atoms with Gasteiger partial charge in [-0.3, -0.25) is 0 Å². The minimum Gasteiger partial charge on any atom is -0.310 e. The van der Waals surface area contributed by atoms with Gasteiger partial charge in [0.15, 0.2) is 9.84 Å². The van der Waals surface area contributed by atoms with Gasteiger partial charge >= 0.3 is 0 Å². The third kappa shape index (κ3) is 3.30. The fourth-order valence-corrected chi connectivity index (χ4v) is 3.49. The van der Waals surface area contributed by atoms with Crippen LogP contribution in [0.3, 0.4) is 0 Å². The molecule has 1 unspecified atom stereocenters. The lowest BCUT2D eigenvalue weighted by Crippen LogP contribution is -2.26. The molecule has 1 aromatic carbocycles. The average molecular weight is 318 g/mol. The van der Waals surface area contributed by atoms with Crippen LogP contribution in [0.1, 0.15) is 30.9 Å². The molecule has 94 valence electrons. The topological polar surface area (TPSA) is 46.2 Å². The van der Waals surface area contributed by atoms with Gasteiger partial charge in [0.2, 0.25) is 0 Å². The Hall–Kier alpha value is -0.390. The molecule has 0 radical (unpaired) electrons. The Balaban J connectivity index is 2.37. The zero-order valence-corrected chi connectivity index (χ0v) is 12.1. The molecule has 1 aromatic rings. The van der Waals surface area contributed by atoms with Crippen molar-refractivity contribution < 1.29 is 8.42 Å². The van der Waals surface area contributed by atoms with Crippen LogP contribution in [0.5, 0.6) is 0 Å². The first-order valence-electron chi connectivity index (χ1n) is 5.71. The smallest absolute Gasteiger partial charge is 0.175 e. The summed E-state index contributed by atoms with van der Waals surface area (Å²) in [5.41, 5.74) is 1.06. The molecule has 0 saturated carbocycles. The minimum absolute atomic E-state index is 0.279. The summed E-state index contributed by atoms with van der Waals surface area (Å²) in [6.45, 7) is 1.01. The Kier molecular flexibility index (Phi) is 3.90. The summed E-state index contributed by atoms with van der Waals surface area (Å²) in [6, 6.07) is 5.71. The molecule has 1 heterocycles. The van der Waals surface area contributed by atoms with E-state index in [0.29, 0.717) is 4.90 Å². The van der Waals surface area contributed by atoms with Crippen LogP contribution in [0.2, 0.25) is 0 Å². The van der Waals surface area contributed by atoms with Crippen LogP contribution in [-0.4, -0.2) is 21.2 Å². The van der Waals surface area contributed by atoms with E-state index in [1.165, 1.54) is 19.1 Å². The SMILES string of the molecule is CS(=O)(=O)c1cc(Br)cc(C2CCCCN2)c1. The maximum absolute atomic E-state index is 11.6. The van der Waals surface area contributed by atoms with E-state index in [9.17, 15) is 8.42 Å². The summed E-state index contributed by atoms with van der Waals surface area (Å²) in [5, 5.41) is 3.43. The van der Waals surface area contributed by atoms with Crippen molar-refractivity contribution in [3.63, 3.8) is 0 Å². The molecule has 0 aliphatic carbocycles. The van der Waals surface area contributed by atoms with Gasteiger partial charge in [0, 0.05) is 16.8 Å². The summed E-state index contributed by atoms with van der Waals surface area (Å²) in [5.74, 6) is 0. The van der Waals surface area contributed by atoms with Crippen LogP contribution in [-0.2, 0) is 9.84 Å². The Morgan fingerprint density at radius 2 is 2.06 bits per heavy atom. The van der Waals surface area contributed by atoms with E-state index in [1.54, 1.807) is 12.1 Å². The number of hydrogen-bond donors (Lipinski definition) is 1. The van der Waals surface area contributed by atoms with Gasteiger partial charge in [0.05, 0.1) is 4.90 Å². The highest BCUT2D eigenvalue weighted by Gasteiger charge is 2.17. The van der Waals surface area contributed by atoms with Gasteiger partial charge in [-0.15, -0.1) is 0 Å². The molecule has 1 saturated heterocycles. The van der Waals surface area contributed by atoms with Gasteiger partial charge in [0.25, 0.3) is 0 Å². The summed E-state index contributed by atoms with van der Waals surface area (Å²) in [6.07, 6.45) is 4.70. The number of nitrogens with one attached hydrogen (secondary N) is 1. The van der Waals surface area contributed by atoms with E-state index < -0.39 is 9.84 Å². The fourth-order valence-electron chi connectivity index (χ4n) is 2.14. The second kappa shape index (κ2) is 5.08. The zero-order valence-electron chi connectivity index (χ0n) is 9.74. The lowest BCUT2D eigenvalue weighted by Gasteiger charge is -2.24. The molecule has 1 aliphatic rings. The summed E-state index contributed by atoms with van der Waals surface area (Å²) < 4.78 is 24.0. The van der Waals surface area contributed by atoms with Gasteiger partial charge in [-0.25, -0.2) is 8.42 Å². The summed E-state index contributed by atoms with van der Waals surface area (Å²) in [7, 11) is -3.14. The van der Waals surface area contributed by atoms with Crippen molar-refractivity contribution in [2.24, 2.45) is 0 Å². The van der Waals surface area contributed by atoms with E-state index in [4.69, 9.17) is 0 Å². The molecule has 1 fully saturated rings. The second-order valence-corrected chi connectivity index (χ2v) is 7.43. The van der Waals surface area contributed by atoms with Gasteiger partial charge in [0.1, 0.15) is 0 Å². The van der Waals surface area contributed by atoms with Gasteiger partial charge < -0.3 is 5.32 Å². The van der Waals surface area contributed by atoms with E-state index in [2.05, 4.69) is 21.2 Å². The van der Waals surface area contributed by atoms with Crippen LogP contribution in [0.15, 0.2) is 27.6 Å². The lowest BCUT2D eigenvalue weighted by molar-refractivity contribution is 0.411. The number of hydrogen-bond acceptors (Lipinski definition) is 3. The number of sulfone groups is 1. The van der Waals surface area contributed by atoms with Crippen LogP contribution in [0, 0.1) is 0 Å². The molecule has 17 heavy (non-hydrogen) atoms. The summed E-state index contributed by atoms with van der Waals surface area (Å²) >= 11 is 3.38. The quantitative estimate of drug-likeness (QED) is 0.912. The largest absolute Gasteiger partial charge is 0.310 e. The standard InChI is InChI=1S/C12H16BrNO2S/c1-17(15,16)11-7-9(6-10(13)8-11)12-4-2-3-5-14-12/h6-8,12,14H,2-5H2,1H3. The zero-order chi connectivity index (χ0) is 12.5. The summed E-state index contributed by atoms with van der Waals surface area (Å²) in [4.78, 5) is 0.384. The van der Waals surface area contributed by atoms with Crippen LogP contribution >= 0.6 is 15.9 Å². The molecule has 1 aliphatic heterocycles. The number of benzene rings is 1. The molecule has 0 bridgehead atoms. The van der Waals surface area contributed by atoms with Crippen LogP contribution in [0.4, 0.5) is 0 Å². The molecule has 0 amide bonds. The van der Waals surface area contributed by atoms with Crippen molar-refractivity contribution in [2.75, 3.05) is 12.8 Å². The van der Waals surface area contributed by atoms with Gasteiger partial charge in [-0.05, 0) is 43.1 Å². The Bertz CT molecular complexity index is 507. The van der Waals surface area contributed by atoms with Crippen molar-refractivity contribution in [1.82, 2.24) is 5.32 Å². The van der Waals surface area contributed by atoms with Crippen molar-refractivity contribution in [3.05, 3.63) is 28.2 Å². The first-order chi connectivity index (χ1) is 7.97. The predicted octanol–water partition coefficient (Wildman–Crippen LogP) is 2.67. The fraction of sp³-hybridized carbons (Fsp3) is 0.500. The highest BCUT2D eigenvalue weighted by Crippen LogP contribution is 2.28. The van der Waals surface area contributed by atoms with Crippen molar-refractivity contribution >= 4 is 25.8 Å². The van der Waals surface area contributed by atoms with Crippen molar-refractivity contribution in [1.29, 1.82) is 0 Å². The maximum Gasteiger partial charge on any atom is 0.175 e. The van der Waals surface area contributed by atoms with Gasteiger partial charge in [-0.1, -0.05) is 22.4 Å². The van der Waals surface area contributed by atoms with Crippen LogP contribution < -0.4 is 5.32 Å². The van der Waals surface area contributed by atoms with E-state index >= 15 is 0 Å². The van der Waals surface area contributed by atoms with Crippen LogP contribution in [0.25, 0.3) is 0 Å². The molecule has 1 N–H and O–H groups in total. The molecule has 3 nitrogen and oxygen atoms in total. The maximum atomic E-state index is 11.6. The first-order valence-corrected chi connectivity index (χ1v) is 8.39. The lowest BCUT2D eigenvalue weighted by atomic mass is 9.98. The Labute approximate surface area is 111 Å². The minimum atomic E-state index is -3.14. The third-order valence-electron chi connectivity index (χ3n) is 3.03. The molecule has 0 aromatic heterocycles. The van der Waals surface area contributed by atoms with Gasteiger partial charge in [-0.2, -0.15) is 0 Å². The number of rotatable bonds is 2. The van der Waals surface area contributed by atoms with E-state index in [0.717, 1.165) is 23.0 Å². The normalized spacial score (nSPS) is 21.4. The highest BCUT2D eigenvalue weighted by atomic mass is 79.9. The van der Waals surface area contributed by atoms with Crippen molar-refractivity contribution in [3.8, 4) is 0 Å². The average Bonchev–Trinajstić information content (AvgIpc) is 2.28. The molecular formula is C12H16BrNO2S. The monoisotopic (exact) mass is 317 g/mol. The predicted molar refractivity (Wildman–Crippen MR) is 71.8 cm³/mol.